The normalized spacial score (nSPS) is 24.1. The molecular formula is C19H23N3O3. The zero-order valence-electron chi connectivity index (χ0n) is 14.7. The van der Waals surface area contributed by atoms with E-state index in [2.05, 4.69) is 36.1 Å². The number of amides is 1. The summed E-state index contributed by atoms with van der Waals surface area (Å²) in [6.07, 6.45) is 2.20. The summed E-state index contributed by atoms with van der Waals surface area (Å²) >= 11 is 0. The van der Waals surface area contributed by atoms with Crippen molar-refractivity contribution in [1.29, 1.82) is 0 Å². The zero-order chi connectivity index (χ0) is 17.4. The maximum absolute atomic E-state index is 12.4. The standard InChI is InChI=1S/C19H23N3O3/c1-12-3-5-16(9-13(12)2)22-10-14(4-6-17(22)23)19-20-18(21-25-19)15-7-8-24-11-15/h3,5,9,14-15H,4,6-8,10-11H2,1-2H3/t14-,15+/m0/s1. The Balaban J connectivity index is 1.53. The van der Waals surface area contributed by atoms with Crippen LogP contribution in [0, 0.1) is 13.8 Å². The molecule has 0 aliphatic carbocycles. The van der Waals surface area contributed by atoms with Crippen LogP contribution in [-0.4, -0.2) is 35.8 Å². The molecule has 1 aromatic heterocycles. The molecule has 132 valence electrons. The highest BCUT2D eigenvalue weighted by molar-refractivity contribution is 5.94. The molecule has 0 spiro atoms. The number of piperidine rings is 1. The minimum atomic E-state index is 0.0860. The van der Waals surface area contributed by atoms with Crippen LogP contribution in [0.2, 0.25) is 0 Å². The molecule has 0 bridgehead atoms. The van der Waals surface area contributed by atoms with Crippen LogP contribution in [0.4, 0.5) is 5.69 Å². The molecule has 2 atom stereocenters. The van der Waals surface area contributed by atoms with Gasteiger partial charge in [0, 0.05) is 31.2 Å². The van der Waals surface area contributed by atoms with E-state index < -0.39 is 0 Å². The van der Waals surface area contributed by atoms with Gasteiger partial charge in [-0.3, -0.25) is 4.79 Å². The Morgan fingerprint density at radius 1 is 1.16 bits per heavy atom. The maximum Gasteiger partial charge on any atom is 0.231 e. The lowest BCUT2D eigenvalue weighted by molar-refractivity contribution is -0.119. The number of aryl methyl sites for hydroxylation is 2. The van der Waals surface area contributed by atoms with E-state index in [4.69, 9.17) is 9.26 Å². The van der Waals surface area contributed by atoms with Crippen molar-refractivity contribution in [3.63, 3.8) is 0 Å². The van der Waals surface area contributed by atoms with Crippen molar-refractivity contribution in [3.8, 4) is 0 Å². The van der Waals surface area contributed by atoms with Gasteiger partial charge in [0.05, 0.1) is 12.5 Å². The number of hydrogen-bond donors (Lipinski definition) is 0. The fraction of sp³-hybridized carbons (Fsp3) is 0.526. The quantitative estimate of drug-likeness (QED) is 0.858. The third-order valence-electron chi connectivity index (χ3n) is 5.31. The van der Waals surface area contributed by atoms with E-state index in [1.807, 2.05) is 11.0 Å². The highest BCUT2D eigenvalue weighted by Gasteiger charge is 2.32. The van der Waals surface area contributed by atoms with Gasteiger partial charge in [-0.2, -0.15) is 4.98 Å². The van der Waals surface area contributed by atoms with E-state index in [9.17, 15) is 4.79 Å². The fourth-order valence-electron chi connectivity index (χ4n) is 3.51. The van der Waals surface area contributed by atoms with Gasteiger partial charge in [-0.25, -0.2) is 0 Å². The molecule has 1 amide bonds. The van der Waals surface area contributed by atoms with Gasteiger partial charge >= 0.3 is 0 Å². The molecule has 6 nitrogen and oxygen atoms in total. The third-order valence-corrected chi connectivity index (χ3v) is 5.31. The Hall–Kier alpha value is -2.21. The molecule has 2 aromatic rings. The lowest BCUT2D eigenvalue weighted by Gasteiger charge is -2.31. The van der Waals surface area contributed by atoms with Gasteiger partial charge in [0.2, 0.25) is 11.8 Å². The molecular weight excluding hydrogens is 318 g/mol. The molecule has 4 rings (SSSR count). The van der Waals surface area contributed by atoms with Crippen LogP contribution >= 0.6 is 0 Å². The smallest absolute Gasteiger partial charge is 0.231 e. The predicted octanol–water partition coefficient (Wildman–Crippen LogP) is 3.10. The number of nitrogens with zero attached hydrogens (tertiary/aromatic N) is 3. The number of aromatic nitrogens is 2. The summed E-state index contributed by atoms with van der Waals surface area (Å²) in [4.78, 5) is 18.9. The van der Waals surface area contributed by atoms with Gasteiger partial charge in [0.1, 0.15) is 0 Å². The van der Waals surface area contributed by atoms with Crippen molar-refractivity contribution in [2.45, 2.75) is 44.9 Å². The number of hydrogen-bond acceptors (Lipinski definition) is 5. The minimum absolute atomic E-state index is 0.0860. The Morgan fingerprint density at radius 3 is 2.80 bits per heavy atom. The number of benzene rings is 1. The van der Waals surface area contributed by atoms with Crippen molar-refractivity contribution in [1.82, 2.24) is 10.1 Å². The summed E-state index contributed by atoms with van der Waals surface area (Å²) in [5.41, 5.74) is 3.36. The summed E-state index contributed by atoms with van der Waals surface area (Å²) < 4.78 is 10.9. The second-order valence-electron chi connectivity index (χ2n) is 7.06. The van der Waals surface area contributed by atoms with Gasteiger partial charge in [0.25, 0.3) is 0 Å². The molecule has 3 heterocycles. The zero-order valence-corrected chi connectivity index (χ0v) is 14.7. The molecule has 0 saturated carbocycles. The molecule has 2 saturated heterocycles. The first-order chi connectivity index (χ1) is 12.1. The molecule has 0 unspecified atom stereocenters. The SMILES string of the molecule is Cc1ccc(N2C[C@@H](c3nc([C@@H]4CCOC4)no3)CCC2=O)cc1C. The summed E-state index contributed by atoms with van der Waals surface area (Å²) in [5.74, 6) is 1.86. The lowest BCUT2D eigenvalue weighted by atomic mass is 9.96. The molecule has 0 N–H and O–H groups in total. The second-order valence-corrected chi connectivity index (χ2v) is 7.06. The van der Waals surface area contributed by atoms with Gasteiger partial charge in [0.15, 0.2) is 5.82 Å². The first-order valence-corrected chi connectivity index (χ1v) is 8.90. The highest BCUT2D eigenvalue weighted by atomic mass is 16.5. The third kappa shape index (κ3) is 3.18. The molecule has 2 fully saturated rings. The highest BCUT2D eigenvalue weighted by Crippen LogP contribution is 2.32. The molecule has 1 aromatic carbocycles. The minimum Gasteiger partial charge on any atom is -0.381 e. The average molecular weight is 341 g/mol. The van der Waals surface area contributed by atoms with E-state index >= 15 is 0 Å². The molecule has 2 aliphatic heterocycles. The number of carbonyl (C=O) groups excluding carboxylic acids is 1. The average Bonchev–Trinajstić information content (AvgIpc) is 3.29. The number of rotatable bonds is 3. The van der Waals surface area contributed by atoms with Crippen molar-refractivity contribution in [2.75, 3.05) is 24.7 Å². The largest absolute Gasteiger partial charge is 0.381 e. The van der Waals surface area contributed by atoms with E-state index in [0.29, 0.717) is 25.5 Å². The second kappa shape index (κ2) is 6.59. The summed E-state index contributed by atoms with van der Waals surface area (Å²) in [6, 6.07) is 6.15. The van der Waals surface area contributed by atoms with Gasteiger partial charge in [-0.05, 0) is 49.9 Å². The van der Waals surface area contributed by atoms with Gasteiger partial charge in [-0.15, -0.1) is 0 Å². The van der Waals surface area contributed by atoms with Crippen molar-refractivity contribution < 1.29 is 14.1 Å². The molecule has 25 heavy (non-hydrogen) atoms. The van der Waals surface area contributed by atoms with Crippen LogP contribution in [-0.2, 0) is 9.53 Å². The van der Waals surface area contributed by atoms with Crippen LogP contribution in [0.1, 0.15) is 53.9 Å². The Labute approximate surface area is 147 Å². The monoisotopic (exact) mass is 341 g/mol. The Bertz CT molecular complexity index is 780. The first kappa shape index (κ1) is 16.3. The fourth-order valence-corrected chi connectivity index (χ4v) is 3.51. The molecule has 0 radical (unpaired) electrons. The lowest BCUT2D eigenvalue weighted by Crippen LogP contribution is -2.39. The maximum atomic E-state index is 12.4. The van der Waals surface area contributed by atoms with E-state index in [1.54, 1.807) is 0 Å². The first-order valence-electron chi connectivity index (χ1n) is 8.90. The summed E-state index contributed by atoms with van der Waals surface area (Å²) in [6.45, 7) is 6.15. The van der Waals surface area contributed by atoms with Gasteiger partial charge < -0.3 is 14.2 Å². The Kier molecular flexibility index (Phi) is 4.29. The van der Waals surface area contributed by atoms with Crippen LogP contribution in [0.15, 0.2) is 22.7 Å². The Morgan fingerprint density at radius 2 is 2.04 bits per heavy atom. The van der Waals surface area contributed by atoms with Crippen molar-refractivity contribution in [3.05, 3.63) is 41.0 Å². The van der Waals surface area contributed by atoms with Crippen LogP contribution < -0.4 is 4.90 Å². The van der Waals surface area contributed by atoms with E-state index in [1.165, 1.54) is 11.1 Å². The van der Waals surface area contributed by atoms with Crippen LogP contribution in [0.5, 0.6) is 0 Å². The molecule has 2 aliphatic rings. The summed E-state index contributed by atoms with van der Waals surface area (Å²) in [5, 5.41) is 4.15. The number of carbonyl (C=O) groups is 1. The van der Waals surface area contributed by atoms with Crippen LogP contribution in [0.25, 0.3) is 0 Å². The van der Waals surface area contributed by atoms with Crippen molar-refractivity contribution >= 4 is 11.6 Å². The number of ether oxygens (including phenoxy) is 1. The summed E-state index contributed by atoms with van der Waals surface area (Å²) in [7, 11) is 0. The van der Waals surface area contributed by atoms with E-state index in [0.717, 1.165) is 31.0 Å². The van der Waals surface area contributed by atoms with Crippen molar-refractivity contribution in [2.24, 2.45) is 0 Å². The van der Waals surface area contributed by atoms with Gasteiger partial charge in [-0.1, -0.05) is 11.2 Å². The molecule has 6 heteroatoms. The van der Waals surface area contributed by atoms with E-state index in [-0.39, 0.29) is 17.7 Å². The predicted molar refractivity (Wildman–Crippen MR) is 92.7 cm³/mol. The topological polar surface area (TPSA) is 68.5 Å². The van der Waals surface area contributed by atoms with Crippen LogP contribution in [0.3, 0.4) is 0 Å². The number of anilines is 1.